The molecule has 1 amide bonds. The number of benzene rings is 3. The van der Waals surface area contributed by atoms with Crippen LogP contribution >= 0.6 is 0 Å². The summed E-state index contributed by atoms with van der Waals surface area (Å²) in [5, 5.41) is 9.26. The Bertz CT molecular complexity index is 1720. The predicted molar refractivity (Wildman–Crippen MR) is 147 cm³/mol. The Labute approximate surface area is 253 Å². The van der Waals surface area contributed by atoms with Crippen molar-refractivity contribution < 1.29 is 54.2 Å². The van der Waals surface area contributed by atoms with E-state index in [-0.39, 0.29) is 25.3 Å². The van der Waals surface area contributed by atoms with Crippen LogP contribution < -0.4 is 4.90 Å². The van der Waals surface area contributed by atoms with Crippen LogP contribution in [0.15, 0.2) is 47.4 Å². The fourth-order valence-corrected chi connectivity index (χ4v) is 7.40. The summed E-state index contributed by atoms with van der Waals surface area (Å²) in [6.07, 6.45) is 1.36. The lowest BCUT2D eigenvalue weighted by Gasteiger charge is -2.30. The van der Waals surface area contributed by atoms with Gasteiger partial charge >= 0.3 is 5.97 Å². The summed E-state index contributed by atoms with van der Waals surface area (Å²) >= 11 is 0. The van der Waals surface area contributed by atoms with Crippen LogP contribution in [-0.4, -0.2) is 55.5 Å². The quantitative estimate of drug-likeness (QED) is 0.195. The van der Waals surface area contributed by atoms with Crippen molar-refractivity contribution >= 4 is 27.6 Å². The number of anilines is 1. The Morgan fingerprint density at radius 3 is 2.04 bits per heavy atom. The molecule has 3 aromatic carbocycles. The van der Waals surface area contributed by atoms with Gasteiger partial charge in [0, 0.05) is 19.8 Å². The highest BCUT2D eigenvalue weighted by Gasteiger charge is 2.45. The number of nitrogens with zero attached hydrogens (tertiary/aromatic N) is 2. The maximum Gasteiger partial charge on any atom is 0.335 e. The number of carbonyl (C=O) groups excluding carboxylic acids is 1. The van der Waals surface area contributed by atoms with Crippen LogP contribution in [0.4, 0.5) is 32.0 Å². The molecule has 0 saturated carbocycles. The molecule has 0 radical (unpaired) electrons. The maximum absolute atomic E-state index is 15.3. The minimum Gasteiger partial charge on any atom is -0.478 e. The molecule has 0 unspecified atom stereocenters. The van der Waals surface area contributed by atoms with E-state index >= 15 is 4.39 Å². The first-order chi connectivity index (χ1) is 21.3. The highest BCUT2D eigenvalue weighted by Crippen LogP contribution is 2.35. The van der Waals surface area contributed by atoms with E-state index in [0.717, 1.165) is 35.4 Å². The third kappa shape index (κ3) is 6.16. The van der Waals surface area contributed by atoms with Crippen molar-refractivity contribution in [2.75, 3.05) is 24.7 Å². The van der Waals surface area contributed by atoms with Crippen molar-refractivity contribution in [1.82, 2.24) is 4.31 Å². The smallest absolute Gasteiger partial charge is 0.335 e. The largest absolute Gasteiger partial charge is 0.478 e. The lowest BCUT2D eigenvalue weighted by Crippen LogP contribution is -2.48. The van der Waals surface area contributed by atoms with Crippen molar-refractivity contribution in [1.29, 1.82) is 0 Å². The maximum atomic E-state index is 15.3. The highest BCUT2D eigenvalue weighted by molar-refractivity contribution is 7.89. The van der Waals surface area contributed by atoms with E-state index in [9.17, 15) is 45.1 Å². The van der Waals surface area contributed by atoms with Crippen molar-refractivity contribution in [3.05, 3.63) is 94.1 Å². The molecule has 5 rings (SSSR count). The van der Waals surface area contributed by atoms with Gasteiger partial charge in [-0.1, -0.05) is 24.3 Å². The second-order valence-electron chi connectivity index (χ2n) is 10.7. The molecule has 45 heavy (non-hydrogen) atoms. The van der Waals surface area contributed by atoms with Gasteiger partial charge in [0.05, 0.1) is 17.8 Å². The van der Waals surface area contributed by atoms with Gasteiger partial charge in [0.25, 0.3) is 0 Å². The van der Waals surface area contributed by atoms with Crippen LogP contribution in [0.5, 0.6) is 0 Å². The van der Waals surface area contributed by atoms with E-state index < -0.39 is 85.5 Å². The minimum absolute atomic E-state index is 0.0287. The molecule has 2 heterocycles. The van der Waals surface area contributed by atoms with E-state index in [1.807, 2.05) is 12.1 Å². The van der Waals surface area contributed by atoms with Gasteiger partial charge in [-0.25, -0.2) is 39.6 Å². The first-order valence-corrected chi connectivity index (χ1v) is 15.3. The fraction of sp³-hybridized carbons (Fsp3) is 0.333. The monoisotopic (exact) mass is 656 g/mol. The average Bonchev–Trinajstić information content (AvgIpc) is 3.54. The summed E-state index contributed by atoms with van der Waals surface area (Å²) in [5.74, 6) is -16.1. The lowest BCUT2D eigenvalue weighted by atomic mass is 9.91. The second-order valence-corrected chi connectivity index (χ2v) is 12.5. The molecule has 2 aliphatic heterocycles. The Kier molecular flexibility index (Phi) is 9.23. The van der Waals surface area contributed by atoms with E-state index in [1.165, 1.54) is 0 Å². The summed E-state index contributed by atoms with van der Waals surface area (Å²) in [7, 11) is -5.48. The van der Waals surface area contributed by atoms with Crippen LogP contribution in [-0.2, 0) is 26.1 Å². The van der Waals surface area contributed by atoms with Crippen LogP contribution in [0.25, 0.3) is 0 Å². The summed E-state index contributed by atoms with van der Waals surface area (Å²) < 4.78 is 118. The molecule has 15 heteroatoms. The molecular formula is C30H26F6N2O6S. The third-order valence-corrected chi connectivity index (χ3v) is 9.92. The second kappa shape index (κ2) is 12.8. The van der Waals surface area contributed by atoms with E-state index in [1.54, 1.807) is 12.1 Å². The molecule has 0 spiro atoms. The van der Waals surface area contributed by atoms with Gasteiger partial charge < -0.3 is 14.7 Å². The summed E-state index contributed by atoms with van der Waals surface area (Å²) in [4.78, 5) is 24.1. The van der Waals surface area contributed by atoms with Crippen molar-refractivity contribution in [2.24, 2.45) is 0 Å². The molecule has 1 atom stereocenters. The molecule has 2 fully saturated rings. The van der Waals surface area contributed by atoms with E-state index in [2.05, 4.69) is 0 Å². The van der Waals surface area contributed by atoms with Crippen LogP contribution in [0.2, 0.25) is 0 Å². The van der Waals surface area contributed by atoms with Gasteiger partial charge in [0.15, 0.2) is 28.2 Å². The minimum atomic E-state index is -5.48. The van der Waals surface area contributed by atoms with Gasteiger partial charge in [0.2, 0.25) is 21.7 Å². The Morgan fingerprint density at radius 1 is 0.867 bits per heavy atom. The first-order valence-electron chi connectivity index (χ1n) is 13.9. The lowest BCUT2D eigenvalue weighted by molar-refractivity contribution is -0.121. The molecule has 1 N–H and O–H groups in total. The normalized spacial score (nSPS) is 17.9. The molecule has 0 bridgehead atoms. The molecule has 8 nitrogen and oxygen atoms in total. The van der Waals surface area contributed by atoms with Gasteiger partial charge in [-0.2, -0.15) is 4.31 Å². The number of sulfonamides is 1. The SMILES string of the molecule is O=C(O)c1ccc(N(Cc2ccc(C3CCOCC3)cc2)C(=O)[C@H]2CCCN2S(=O)(=O)c2c(F)c(F)c(F)c(F)c2F)c(F)c1. The van der Waals surface area contributed by atoms with Crippen molar-refractivity contribution in [3.8, 4) is 0 Å². The van der Waals surface area contributed by atoms with Gasteiger partial charge in [-0.15, -0.1) is 0 Å². The zero-order valence-corrected chi connectivity index (χ0v) is 24.2. The molecule has 0 aliphatic carbocycles. The summed E-state index contributed by atoms with van der Waals surface area (Å²) in [6, 6.07) is 8.03. The molecule has 240 valence electrons. The number of amides is 1. The topological polar surface area (TPSA) is 104 Å². The first kappa shape index (κ1) is 32.4. The van der Waals surface area contributed by atoms with Crippen LogP contribution in [0.1, 0.15) is 53.1 Å². The summed E-state index contributed by atoms with van der Waals surface area (Å²) in [5.41, 5.74) is 0.640. The molecule has 0 aromatic heterocycles. The number of hydrogen-bond donors (Lipinski definition) is 1. The van der Waals surface area contributed by atoms with Gasteiger partial charge in [-0.3, -0.25) is 4.79 Å². The predicted octanol–water partition coefficient (Wildman–Crippen LogP) is 5.50. The molecular weight excluding hydrogens is 630 g/mol. The fourth-order valence-electron chi connectivity index (χ4n) is 5.63. The van der Waals surface area contributed by atoms with Crippen molar-refractivity contribution in [2.45, 2.75) is 49.1 Å². The molecule has 2 aliphatic rings. The van der Waals surface area contributed by atoms with E-state index in [0.29, 0.717) is 29.1 Å². The Hall–Kier alpha value is -3.95. The standard InChI is InChI=1S/C30H26F6N2O6S/c31-20-14-19(30(40)41)7-8-21(20)37(15-16-3-5-17(6-4-16)18-9-12-44-13-10-18)29(39)22-2-1-11-38(22)45(42,43)28-26(35)24(33)23(32)25(34)27(28)36/h3-8,14,18,22H,1-2,9-13,15H2,(H,40,41)/t22-/m1/s1. The van der Waals surface area contributed by atoms with Crippen LogP contribution in [0.3, 0.4) is 0 Å². The zero-order chi connectivity index (χ0) is 32.6. The van der Waals surface area contributed by atoms with Gasteiger partial charge in [0.1, 0.15) is 11.9 Å². The average molecular weight is 657 g/mol. The number of carbonyl (C=O) groups is 2. The number of aromatic carboxylic acids is 1. The number of rotatable bonds is 8. The van der Waals surface area contributed by atoms with Crippen molar-refractivity contribution in [3.63, 3.8) is 0 Å². The summed E-state index contributed by atoms with van der Waals surface area (Å²) in [6.45, 7) is 0.369. The van der Waals surface area contributed by atoms with E-state index in [4.69, 9.17) is 4.74 Å². The highest BCUT2D eigenvalue weighted by atomic mass is 32.2. The number of hydrogen-bond acceptors (Lipinski definition) is 5. The third-order valence-electron chi connectivity index (χ3n) is 7.99. The Balaban J connectivity index is 1.52. The number of ether oxygens (including phenoxy) is 1. The van der Waals surface area contributed by atoms with Crippen LogP contribution in [0, 0.1) is 34.9 Å². The Morgan fingerprint density at radius 2 is 1.47 bits per heavy atom. The number of carboxylic acid groups (broad SMARTS) is 1. The molecule has 2 saturated heterocycles. The number of halogens is 6. The van der Waals surface area contributed by atoms with Gasteiger partial charge in [-0.05, 0) is 60.9 Å². The molecule has 3 aromatic rings. The zero-order valence-electron chi connectivity index (χ0n) is 23.4. The number of carboxylic acids is 1.